The highest BCUT2D eigenvalue weighted by molar-refractivity contribution is 5.53. The summed E-state index contributed by atoms with van der Waals surface area (Å²) in [6, 6.07) is 7.69. The molecule has 0 spiro atoms. The van der Waals surface area contributed by atoms with Gasteiger partial charge in [-0.3, -0.25) is 0 Å². The Kier molecular flexibility index (Phi) is 3.54. The van der Waals surface area contributed by atoms with E-state index in [0.717, 1.165) is 11.1 Å². The first kappa shape index (κ1) is 12.3. The van der Waals surface area contributed by atoms with Crippen molar-refractivity contribution in [1.82, 2.24) is 10.1 Å². The summed E-state index contributed by atoms with van der Waals surface area (Å²) < 4.78 is 21.0. The Morgan fingerprint density at radius 3 is 2.63 bits per heavy atom. The minimum Gasteiger partial charge on any atom is -0.377 e. The zero-order valence-electron chi connectivity index (χ0n) is 10.5. The number of methoxy groups -OCH3 is 1. The average molecular weight is 262 g/mol. The zero-order valence-corrected chi connectivity index (χ0v) is 10.5. The summed E-state index contributed by atoms with van der Waals surface area (Å²) >= 11 is 0. The van der Waals surface area contributed by atoms with Crippen LogP contribution in [-0.4, -0.2) is 30.5 Å². The van der Waals surface area contributed by atoms with Crippen molar-refractivity contribution < 1.29 is 18.7 Å². The van der Waals surface area contributed by atoms with Crippen molar-refractivity contribution in [2.75, 3.05) is 20.3 Å². The zero-order chi connectivity index (χ0) is 13.1. The van der Waals surface area contributed by atoms with Gasteiger partial charge in [0.15, 0.2) is 12.1 Å². The van der Waals surface area contributed by atoms with Gasteiger partial charge >= 0.3 is 0 Å². The molecule has 0 amide bonds. The number of hydrogen-bond acceptors (Lipinski definition) is 6. The van der Waals surface area contributed by atoms with E-state index in [1.165, 1.54) is 0 Å². The third kappa shape index (κ3) is 2.65. The van der Waals surface area contributed by atoms with Gasteiger partial charge in [0.25, 0.3) is 5.89 Å². The van der Waals surface area contributed by atoms with E-state index in [1.54, 1.807) is 7.11 Å². The third-order valence-corrected chi connectivity index (χ3v) is 2.79. The Labute approximate surface area is 110 Å². The van der Waals surface area contributed by atoms with Crippen molar-refractivity contribution in [2.45, 2.75) is 12.9 Å². The predicted octanol–water partition coefficient (Wildman–Crippen LogP) is 1.93. The van der Waals surface area contributed by atoms with Crippen LogP contribution in [0.4, 0.5) is 0 Å². The highest BCUT2D eigenvalue weighted by atomic mass is 16.7. The molecule has 0 saturated carbocycles. The van der Waals surface area contributed by atoms with Gasteiger partial charge in [0.05, 0.1) is 13.2 Å². The molecule has 3 rings (SSSR count). The van der Waals surface area contributed by atoms with Crippen LogP contribution in [0.15, 0.2) is 28.8 Å². The van der Waals surface area contributed by atoms with Gasteiger partial charge in [-0.1, -0.05) is 17.3 Å². The molecule has 100 valence electrons. The topological polar surface area (TPSA) is 66.6 Å². The summed E-state index contributed by atoms with van der Waals surface area (Å²) in [4.78, 5) is 4.23. The number of nitrogens with zero attached hydrogens (tertiary/aromatic N) is 2. The van der Waals surface area contributed by atoms with Gasteiger partial charge in [0.1, 0.15) is 6.61 Å². The lowest BCUT2D eigenvalue weighted by Crippen LogP contribution is -1.97. The third-order valence-electron chi connectivity index (χ3n) is 2.79. The summed E-state index contributed by atoms with van der Waals surface area (Å²) in [7, 11) is 1.59. The Balaban J connectivity index is 1.77. The fourth-order valence-corrected chi connectivity index (χ4v) is 1.89. The van der Waals surface area contributed by atoms with E-state index in [-0.39, 0.29) is 6.29 Å². The molecule has 1 aromatic carbocycles. The van der Waals surface area contributed by atoms with E-state index in [2.05, 4.69) is 10.1 Å². The number of benzene rings is 1. The molecule has 19 heavy (non-hydrogen) atoms. The summed E-state index contributed by atoms with van der Waals surface area (Å²) in [6.07, 6.45) is -0.263. The van der Waals surface area contributed by atoms with E-state index in [4.69, 9.17) is 18.7 Å². The van der Waals surface area contributed by atoms with Crippen LogP contribution in [0.5, 0.6) is 0 Å². The summed E-state index contributed by atoms with van der Waals surface area (Å²) in [5.74, 6) is 1.01. The minimum atomic E-state index is -0.263. The molecule has 1 aliphatic rings. The van der Waals surface area contributed by atoms with Crippen LogP contribution in [0.2, 0.25) is 0 Å². The number of hydrogen-bond donors (Lipinski definition) is 0. The van der Waals surface area contributed by atoms with Crippen molar-refractivity contribution >= 4 is 0 Å². The maximum absolute atomic E-state index is 5.43. The van der Waals surface area contributed by atoms with E-state index < -0.39 is 0 Å². The Morgan fingerprint density at radius 2 is 1.95 bits per heavy atom. The van der Waals surface area contributed by atoms with Crippen molar-refractivity contribution in [2.24, 2.45) is 0 Å². The van der Waals surface area contributed by atoms with Gasteiger partial charge < -0.3 is 18.7 Å². The molecule has 1 aliphatic heterocycles. The molecule has 0 bridgehead atoms. The molecule has 2 aromatic rings. The van der Waals surface area contributed by atoms with Crippen LogP contribution in [-0.2, 0) is 20.8 Å². The van der Waals surface area contributed by atoms with Crippen LogP contribution in [0.1, 0.15) is 17.7 Å². The van der Waals surface area contributed by atoms with E-state index in [0.29, 0.717) is 31.5 Å². The van der Waals surface area contributed by atoms with Crippen molar-refractivity contribution in [3.63, 3.8) is 0 Å². The smallest absolute Gasteiger partial charge is 0.258 e. The first-order valence-electron chi connectivity index (χ1n) is 6.02. The van der Waals surface area contributed by atoms with Gasteiger partial charge in [0.2, 0.25) is 0 Å². The molecule has 1 aromatic heterocycles. The highest BCUT2D eigenvalue weighted by Crippen LogP contribution is 2.25. The normalized spacial score (nSPS) is 16.1. The predicted molar refractivity (Wildman–Crippen MR) is 65.1 cm³/mol. The molecule has 6 heteroatoms. The van der Waals surface area contributed by atoms with E-state index in [1.807, 2.05) is 24.3 Å². The molecule has 2 heterocycles. The second-order valence-corrected chi connectivity index (χ2v) is 4.14. The van der Waals surface area contributed by atoms with E-state index >= 15 is 0 Å². The molecule has 0 aliphatic carbocycles. The minimum absolute atomic E-state index is 0.263. The fraction of sp³-hybridized carbons (Fsp3) is 0.385. The van der Waals surface area contributed by atoms with Crippen molar-refractivity contribution in [3.8, 4) is 11.5 Å². The molecule has 0 atom stereocenters. The van der Waals surface area contributed by atoms with Gasteiger partial charge in [-0.2, -0.15) is 4.98 Å². The lowest BCUT2D eigenvalue weighted by atomic mass is 10.1. The second-order valence-electron chi connectivity index (χ2n) is 4.14. The van der Waals surface area contributed by atoms with Crippen LogP contribution in [0, 0.1) is 0 Å². The standard InChI is InChI=1S/C13H14N2O4/c1-16-8-11-14-12(19-15-11)9-2-4-10(5-3-9)13-17-6-7-18-13/h2-5,13H,6-8H2,1H3. The molecule has 0 radical (unpaired) electrons. The molecular weight excluding hydrogens is 248 g/mol. The largest absolute Gasteiger partial charge is 0.377 e. The molecule has 0 unspecified atom stereocenters. The average Bonchev–Trinajstić information content (AvgIpc) is 3.10. The summed E-state index contributed by atoms with van der Waals surface area (Å²) in [5.41, 5.74) is 1.84. The SMILES string of the molecule is COCc1noc(-c2ccc(C3OCCO3)cc2)n1. The number of ether oxygens (including phenoxy) is 3. The summed E-state index contributed by atoms with van der Waals surface area (Å²) in [6.45, 7) is 1.61. The van der Waals surface area contributed by atoms with Gasteiger partial charge in [-0.15, -0.1) is 0 Å². The molecule has 1 fully saturated rings. The van der Waals surface area contributed by atoms with Gasteiger partial charge in [0, 0.05) is 18.2 Å². The van der Waals surface area contributed by atoms with Crippen LogP contribution < -0.4 is 0 Å². The fourth-order valence-electron chi connectivity index (χ4n) is 1.89. The lowest BCUT2D eigenvalue weighted by molar-refractivity contribution is -0.0441. The first-order chi connectivity index (χ1) is 9.36. The van der Waals surface area contributed by atoms with Gasteiger partial charge in [-0.25, -0.2) is 0 Å². The van der Waals surface area contributed by atoms with Crippen molar-refractivity contribution in [1.29, 1.82) is 0 Å². The Bertz CT molecular complexity index is 532. The van der Waals surface area contributed by atoms with Crippen molar-refractivity contribution in [3.05, 3.63) is 35.7 Å². The Morgan fingerprint density at radius 1 is 1.21 bits per heavy atom. The highest BCUT2D eigenvalue weighted by Gasteiger charge is 2.18. The maximum Gasteiger partial charge on any atom is 0.258 e. The molecule has 1 saturated heterocycles. The Hall–Kier alpha value is -1.76. The molecular formula is C13H14N2O4. The van der Waals surface area contributed by atoms with Crippen LogP contribution >= 0.6 is 0 Å². The van der Waals surface area contributed by atoms with Crippen LogP contribution in [0.25, 0.3) is 11.5 Å². The second kappa shape index (κ2) is 5.48. The van der Waals surface area contributed by atoms with E-state index in [9.17, 15) is 0 Å². The number of aromatic nitrogens is 2. The lowest BCUT2D eigenvalue weighted by Gasteiger charge is -2.08. The monoisotopic (exact) mass is 262 g/mol. The van der Waals surface area contributed by atoms with Gasteiger partial charge in [-0.05, 0) is 12.1 Å². The number of rotatable bonds is 4. The van der Waals surface area contributed by atoms with Crippen LogP contribution in [0.3, 0.4) is 0 Å². The first-order valence-corrected chi connectivity index (χ1v) is 6.02. The quantitative estimate of drug-likeness (QED) is 0.838. The molecule has 6 nitrogen and oxygen atoms in total. The summed E-state index contributed by atoms with van der Waals surface area (Å²) in [5, 5.41) is 3.82. The molecule has 0 N–H and O–H groups in total. The maximum atomic E-state index is 5.43.